The maximum atomic E-state index is 12.4. The van der Waals surface area contributed by atoms with Crippen LogP contribution in [0.5, 0.6) is 0 Å². The maximum Gasteiger partial charge on any atom is 0.278 e. The molecule has 0 unspecified atom stereocenters. The highest BCUT2D eigenvalue weighted by Gasteiger charge is 2.26. The van der Waals surface area contributed by atoms with Crippen LogP contribution < -0.4 is 15.1 Å². The van der Waals surface area contributed by atoms with Gasteiger partial charge in [-0.2, -0.15) is 0 Å². The standard InChI is InChI=1S/C19H23ClN4O4S/c1-4-28-23-19(25)14-11-21-18(20)10-16(14)22-15-8-7-13(12-5-6-12)9-17(15)24(2)29(3,26)27/h7-12H,4-6H2,1-3H3,(H,21,22)(H,23,25). The second-order valence-electron chi connectivity index (χ2n) is 6.82. The molecule has 10 heteroatoms. The van der Waals surface area contributed by atoms with E-state index in [4.69, 9.17) is 16.4 Å². The Bertz CT molecular complexity index is 1020. The molecular formula is C19H23ClN4O4S. The Labute approximate surface area is 175 Å². The fraction of sp³-hybridized carbons (Fsp3) is 0.368. The van der Waals surface area contributed by atoms with Crippen LogP contribution in [0.25, 0.3) is 0 Å². The summed E-state index contributed by atoms with van der Waals surface area (Å²) >= 11 is 6.02. The monoisotopic (exact) mass is 438 g/mol. The number of nitrogens with zero attached hydrogens (tertiary/aromatic N) is 2. The molecule has 3 rings (SSSR count). The summed E-state index contributed by atoms with van der Waals surface area (Å²) in [6.45, 7) is 2.05. The molecule has 1 aromatic heterocycles. The molecule has 8 nitrogen and oxygen atoms in total. The third kappa shape index (κ3) is 5.17. The van der Waals surface area contributed by atoms with E-state index in [9.17, 15) is 13.2 Å². The van der Waals surface area contributed by atoms with E-state index in [2.05, 4.69) is 15.8 Å². The van der Waals surface area contributed by atoms with E-state index in [1.807, 2.05) is 18.2 Å². The highest BCUT2D eigenvalue weighted by Crippen LogP contribution is 2.43. The highest BCUT2D eigenvalue weighted by molar-refractivity contribution is 7.92. The summed E-state index contributed by atoms with van der Waals surface area (Å²) < 4.78 is 25.5. The van der Waals surface area contributed by atoms with Gasteiger partial charge in [-0.05, 0) is 49.4 Å². The van der Waals surface area contributed by atoms with Crippen LogP contribution in [0.1, 0.15) is 41.6 Å². The van der Waals surface area contributed by atoms with E-state index in [-0.39, 0.29) is 10.7 Å². The second-order valence-corrected chi connectivity index (χ2v) is 9.22. The zero-order valence-corrected chi connectivity index (χ0v) is 18.0. The maximum absolute atomic E-state index is 12.4. The van der Waals surface area contributed by atoms with Gasteiger partial charge in [-0.1, -0.05) is 17.7 Å². The Morgan fingerprint density at radius 2 is 2.03 bits per heavy atom. The van der Waals surface area contributed by atoms with Crippen molar-refractivity contribution < 1.29 is 18.0 Å². The number of pyridine rings is 1. The summed E-state index contributed by atoms with van der Waals surface area (Å²) in [7, 11) is -1.99. The number of aromatic nitrogens is 1. The van der Waals surface area contributed by atoms with Crippen LogP contribution in [0.15, 0.2) is 30.5 Å². The number of anilines is 3. The topological polar surface area (TPSA) is 101 Å². The van der Waals surface area contributed by atoms with Crippen molar-refractivity contribution in [2.24, 2.45) is 0 Å². The molecule has 1 fully saturated rings. The number of sulfonamides is 1. The van der Waals surface area contributed by atoms with E-state index in [0.717, 1.165) is 24.7 Å². The van der Waals surface area contributed by atoms with Crippen molar-refractivity contribution >= 4 is 44.6 Å². The average molecular weight is 439 g/mol. The third-order valence-corrected chi connectivity index (χ3v) is 6.00. The average Bonchev–Trinajstić information content (AvgIpc) is 3.50. The van der Waals surface area contributed by atoms with Gasteiger partial charge in [0.15, 0.2) is 0 Å². The Morgan fingerprint density at radius 3 is 2.66 bits per heavy atom. The van der Waals surface area contributed by atoms with E-state index in [1.165, 1.54) is 23.6 Å². The van der Waals surface area contributed by atoms with Crippen LogP contribution in [0.3, 0.4) is 0 Å². The molecule has 2 N–H and O–H groups in total. The predicted molar refractivity (Wildman–Crippen MR) is 113 cm³/mol. The Hall–Kier alpha value is -2.36. The predicted octanol–water partition coefficient (Wildman–Crippen LogP) is 3.43. The molecule has 0 saturated heterocycles. The molecule has 1 heterocycles. The number of carbonyl (C=O) groups is 1. The molecule has 29 heavy (non-hydrogen) atoms. The van der Waals surface area contributed by atoms with Gasteiger partial charge in [0.2, 0.25) is 10.0 Å². The van der Waals surface area contributed by atoms with Crippen molar-refractivity contribution in [3.05, 3.63) is 46.7 Å². The number of halogens is 1. The minimum atomic E-state index is -3.48. The fourth-order valence-electron chi connectivity index (χ4n) is 2.82. The summed E-state index contributed by atoms with van der Waals surface area (Å²) in [5, 5.41) is 3.32. The largest absolute Gasteiger partial charge is 0.353 e. The van der Waals surface area contributed by atoms with E-state index in [1.54, 1.807) is 6.92 Å². The van der Waals surface area contributed by atoms with Gasteiger partial charge in [-0.15, -0.1) is 0 Å². The van der Waals surface area contributed by atoms with Gasteiger partial charge < -0.3 is 5.32 Å². The highest BCUT2D eigenvalue weighted by atomic mass is 35.5. The molecule has 1 aliphatic rings. The fourth-order valence-corrected chi connectivity index (χ4v) is 3.48. The molecule has 1 aliphatic carbocycles. The smallest absolute Gasteiger partial charge is 0.278 e. The second kappa shape index (κ2) is 8.56. The van der Waals surface area contributed by atoms with Gasteiger partial charge in [-0.25, -0.2) is 18.9 Å². The lowest BCUT2D eigenvalue weighted by Crippen LogP contribution is -2.26. The van der Waals surface area contributed by atoms with Crippen molar-refractivity contribution in [3.8, 4) is 0 Å². The van der Waals surface area contributed by atoms with Crippen LogP contribution in [-0.2, 0) is 14.9 Å². The minimum Gasteiger partial charge on any atom is -0.353 e. The number of hydrogen-bond acceptors (Lipinski definition) is 6. The van der Waals surface area contributed by atoms with E-state index < -0.39 is 15.9 Å². The number of amides is 1. The zero-order valence-electron chi connectivity index (χ0n) is 16.4. The molecule has 1 saturated carbocycles. The van der Waals surface area contributed by atoms with E-state index in [0.29, 0.717) is 29.6 Å². The molecule has 1 aromatic carbocycles. The van der Waals surface area contributed by atoms with Crippen molar-refractivity contribution in [2.45, 2.75) is 25.7 Å². The lowest BCUT2D eigenvalue weighted by Gasteiger charge is -2.22. The molecule has 0 spiro atoms. The number of hydroxylamine groups is 1. The zero-order chi connectivity index (χ0) is 21.2. The summed E-state index contributed by atoms with van der Waals surface area (Å²) in [6, 6.07) is 7.14. The molecule has 0 atom stereocenters. The molecule has 1 amide bonds. The Morgan fingerprint density at radius 1 is 1.31 bits per heavy atom. The van der Waals surface area contributed by atoms with Gasteiger partial charge >= 0.3 is 0 Å². The number of benzene rings is 1. The molecular weight excluding hydrogens is 416 g/mol. The van der Waals surface area contributed by atoms with Crippen LogP contribution in [0.2, 0.25) is 5.15 Å². The van der Waals surface area contributed by atoms with Crippen molar-refractivity contribution in [1.82, 2.24) is 10.5 Å². The van der Waals surface area contributed by atoms with Gasteiger partial charge in [-0.3, -0.25) is 13.9 Å². The van der Waals surface area contributed by atoms with Crippen molar-refractivity contribution in [3.63, 3.8) is 0 Å². The van der Waals surface area contributed by atoms with Crippen LogP contribution in [-0.4, -0.2) is 39.2 Å². The summed E-state index contributed by atoms with van der Waals surface area (Å²) in [5.41, 5.74) is 5.01. The van der Waals surface area contributed by atoms with Gasteiger partial charge in [0, 0.05) is 13.2 Å². The SMILES string of the molecule is CCONC(=O)c1cnc(Cl)cc1Nc1ccc(C2CC2)cc1N(C)S(C)(=O)=O. The first-order chi connectivity index (χ1) is 13.7. The van der Waals surface area contributed by atoms with Crippen molar-refractivity contribution in [2.75, 3.05) is 29.5 Å². The summed E-state index contributed by atoms with van der Waals surface area (Å²) in [4.78, 5) is 21.3. The van der Waals surface area contributed by atoms with Crippen LogP contribution in [0.4, 0.5) is 17.1 Å². The lowest BCUT2D eigenvalue weighted by molar-refractivity contribution is 0.0365. The van der Waals surface area contributed by atoms with Gasteiger partial charge in [0.1, 0.15) is 5.15 Å². The van der Waals surface area contributed by atoms with Crippen LogP contribution >= 0.6 is 11.6 Å². The Balaban J connectivity index is 2.01. The van der Waals surface area contributed by atoms with Gasteiger partial charge in [0.25, 0.3) is 5.91 Å². The van der Waals surface area contributed by atoms with Gasteiger partial charge in [0.05, 0.1) is 35.5 Å². The first-order valence-corrected chi connectivity index (χ1v) is 11.4. The molecule has 0 bridgehead atoms. The first-order valence-electron chi connectivity index (χ1n) is 9.13. The Kier molecular flexibility index (Phi) is 6.30. The number of hydrogen-bond donors (Lipinski definition) is 2. The number of rotatable bonds is 8. The minimum absolute atomic E-state index is 0.188. The summed E-state index contributed by atoms with van der Waals surface area (Å²) in [6.07, 6.45) is 4.66. The molecule has 2 aromatic rings. The molecule has 0 radical (unpaired) electrons. The third-order valence-electron chi connectivity index (χ3n) is 4.60. The number of carbonyl (C=O) groups excluding carboxylic acids is 1. The van der Waals surface area contributed by atoms with Crippen LogP contribution in [0, 0.1) is 0 Å². The number of nitrogens with one attached hydrogen (secondary N) is 2. The van der Waals surface area contributed by atoms with Crippen molar-refractivity contribution in [1.29, 1.82) is 0 Å². The quantitative estimate of drug-likeness (QED) is 0.483. The lowest BCUT2D eigenvalue weighted by atomic mass is 10.1. The van der Waals surface area contributed by atoms with E-state index >= 15 is 0 Å². The molecule has 0 aliphatic heterocycles. The molecule has 156 valence electrons. The summed E-state index contributed by atoms with van der Waals surface area (Å²) in [5.74, 6) is -0.0372. The first kappa shape index (κ1) is 21.4. The normalized spacial score (nSPS) is 13.8.